The molecule has 3 aromatic rings. The number of nitrogens with zero attached hydrogens (tertiary/aromatic N) is 2. The molecular weight excluding hydrogens is 336 g/mol. The molecule has 0 bridgehead atoms. The molecule has 0 saturated heterocycles. The first kappa shape index (κ1) is 17.8. The summed E-state index contributed by atoms with van der Waals surface area (Å²) in [6.45, 7) is 0.666. The minimum atomic E-state index is 0.270. The van der Waals surface area contributed by atoms with E-state index >= 15 is 0 Å². The standard InChI is InChI=1S/C19H20N2O5/c1-22-12-18-20-19(21-26-18)14-7-8-16(17(10-14)24-3)25-11-13-5-4-6-15(9-13)23-2/h4-10H,11-12H2,1-3H3. The van der Waals surface area contributed by atoms with E-state index in [1.165, 1.54) is 0 Å². The van der Waals surface area contributed by atoms with E-state index in [1.54, 1.807) is 21.3 Å². The lowest BCUT2D eigenvalue weighted by Gasteiger charge is -2.12. The minimum Gasteiger partial charge on any atom is -0.497 e. The Hall–Kier alpha value is -3.06. The van der Waals surface area contributed by atoms with Crippen LogP contribution >= 0.6 is 0 Å². The van der Waals surface area contributed by atoms with Crippen LogP contribution in [0.2, 0.25) is 0 Å². The monoisotopic (exact) mass is 356 g/mol. The third-order valence-corrected chi connectivity index (χ3v) is 3.69. The molecule has 1 aromatic heterocycles. The molecule has 3 rings (SSSR count). The van der Waals surface area contributed by atoms with Gasteiger partial charge in [-0.1, -0.05) is 17.3 Å². The SMILES string of the molecule is COCc1nc(-c2ccc(OCc3cccc(OC)c3)c(OC)c2)no1. The van der Waals surface area contributed by atoms with Gasteiger partial charge in [0.2, 0.25) is 5.82 Å². The zero-order chi connectivity index (χ0) is 18.4. The maximum atomic E-state index is 5.88. The van der Waals surface area contributed by atoms with Crippen molar-refractivity contribution in [3.63, 3.8) is 0 Å². The number of benzene rings is 2. The van der Waals surface area contributed by atoms with E-state index in [9.17, 15) is 0 Å². The summed E-state index contributed by atoms with van der Waals surface area (Å²) in [4.78, 5) is 4.27. The van der Waals surface area contributed by atoms with Gasteiger partial charge in [-0.25, -0.2) is 0 Å². The molecule has 0 aliphatic heterocycles. The lowest BCUT2D eigenvalue weighted by Crippen LogP contribution is -1.98. The summed E-state index contributed by atoms with van der Waals surface area (Å²) in [6.07, 6.45) is 0. The molecule has 2 aromatic carbocycles. The Kier molecular flexibility index (Phi) is 5.70. The van der Waals surface area contributed by atoms with Crippen LogP contribution in [0.1, 0.15) is 11.5 Å². The Morgan fingerprint density at radius 1 is 0.923 bits per heavy atom. The average molecular weight is 356 g/mol. The van der Waals surface area contributed by atoms with Gasteiger partial charge in [-0.3, -0.25) is 0 Å². The van der Waals surface area contributed by atoms with Crippen LogP contribution in [0.25, 0.3) is 11.4 Å². The summed E-state index contributed by atoms with van der Waals surface area (Å²) in [5.41, 5.74) is 1.76. The number of methoxy groups -OCH3 is 3. The van der Waals surface area contributed by atoms with Crippen molar-refractivity contribution in [2.75, 3.05) is 21.3 Å². The van der Waals surface area contributed by atoms with Gasteiger partial charge in [0.25, 0.3) is 5.89 Å². The van der Waals surface area contributed by atoms with E-state index in [2.05, 4.69) is 10.1 Å². The van der Waals surface area contributed by atoms with Crippen LogP contribution in [0.4, 0.5) is 0 Å². The second kappa shape index (κ2) is 8.35. The molecule has 7 nitrogen and oxygen atoms in total. The van der Waals surface area contributed by atoms with Gasteiger partial charge in [0, 0.05) is 12.7 Å². The molecule has 26 heavy (non-hydrogen) atoms. The first-order valence-electron chi connectivity index (χ1n) is 7.99. The van der Waals surface area contributed by atoms with Crippen LogP contribution in [0, 0.1) is 0 Å². The third-order valence-electron chi connectivity index (χ3n) is 3.69. The molecule has 1 heterocycles. The molecule has 0 aliphatic rings. The van der Waals surface area contributed by atoms with E-state index < -0.39 is 0 Å². The van der Waals surface area contributed by atoms with E-state index in [0.29, 0.717) is 29.8 Å². The van der Waals surface area contributed by atoms with Gasteiger partial charge in [0.15, 0.2) is 11.5 Å². The first-order chi connectivity index (χ1) is 12.7. The molecule has 136 valence electrons. The van der Waals surface area contributed by atoms with E-state index in [1.807, 2.05) is 42.5 Å². The molecule has 0 saturated carbocycles. The molecule has 7 heteroatoms. The zero-order valence-electron chi connectivity index (χ0n) is 14.9. The number of rotatable bonds is 8. The van der Waals surface area contributed by atoms with Gasteiger partial charge in [-0.05, 0) is 35.9 Å². The van der Waals surface area contributed by atoms with Gasteiger partial charge in [-0.15, -0.1) is 0 Å². The van der Waals surface area contributed by atoms with Gasteiger partial charge in [-0.2, -0.15) is 4.98 Å². The van der Waals surface area contributed by atoms with Crippen molar-refractivity contribution in [1.29, 1.82) is 0 Å². The number of hydrogen-bond acceptors (Lipinski definition) is 7. The van der Waals surface area contributed by atoms with Crippen LogP contribution in [0.5, 0.6) is 17.2 Å². The van der Waals surface area contributed by atoms with Gasteiger partial charge >= 0.3 is 0 Å². The van der Waals surface area contributed by atoms with E-state index in [0.717, 1.165) is 16.9 Å². The fourth-order valence-electron chi connectivity index (χ4n) is 2.40. The molecule has 0 amide bonds. The van der Waals surface area contributed by atoms with Crippen LogP contribution in [0.15, 0.2) is 47.0 Å². The Bertz CT molecular complexity index is 863. The smallest absolute Gasteiger partial charge is 0.252 e. The molecule has 0 fully saturated rings. The van der Waals surface area contributed by atoms with Crippen LogP contribution in [0.3, 0.4) is 0 Å². The predicted octanol–water partition coefficient (Wildman–Crippen LogP) is 3.48. The zero-order valence-corrected chi connectivity index (χ0v) is 14.9. The fourth-order valence-corrected chi connectivity index (χ4v) is 2.40. The number of aromatic nitrogens is 2. The molecule has 0 N–H and O–H groups in total. The third kappa shape index (κ3) is 4.12. The van der Waals surface area contributed by atoms with Gasteiger partial charge in [0.05, 0.1) is 14.2 Å². The summed E-state index contributed by atoms with van der Waals surface area (Å²) in [5.74, 6) is 2.88. The van der Waals surface area contributed by atoms with Crippen LogP contribution < -0.4 is 14.2 Å². The average Bonchev–Trinajstić information content (AvgIpc) is 3.15. The molecule has 0 atom stereocenters. The summed E-state index contributed by atoms with van der Waals surface area (Å²) in [6, 6.07) is 13.2. The largest absolute Gasteiger partial charge is 0.497 e. The Morgan fingerprint density at radius 3 is 2.58 bits per heavy atom. The van der Waals surface area contributed by atoms with Crippen LogP contribution in [-0.2, 0) is 18.0 Å². The molecule has 0 aliphatic carbocycles. The second-order valence-corrected chi connectivity index (χ2v) is 5.45. The van der Waals surface area contributed by atoms with E-state index in [4.69, 9.17) is 23.5 Å². The number of hydrogen-bond donors (Lipinski definition) is 0. The van der Waals surface area contributed by atoms with Crippen LogP contribution in [-0.4, -0.2) is 31.5 Å². The normalized spacial score (nSPS) is 10.6. The van der Waals surface area contributed by atoms with Crippen molar-refractivity contribution < 1.29 is 23.5 Å². The van der Waals surface area contributed by atoms with E-state index in [-0.39, 0.29) is 6.61 Å². The van der Waals surface area contributed by atoms with Crippen molar-refractivity contribution in [2.45, 2.75) is 13.2 Å². The minimum absolute atomic E-state index is 0.270. The summed E-state index contributed by atoms with van der Waals surface area (Å²) >= 11 is 0. The Morgan fingerprint density at radius 2 is 1.81 bits per heavy atom. The highest BCUT2D eigenvalue weighted by Gasteiger charge is 2.12. The van der Waals surface area contributed by atoms with Crippen molar-refractivity contribution >= 4 is 0 Å². The molecule has 0 spiro atoms. The van der Waals surface area contributed by atoms with Crippen molar-refractivity contribution in [3.8, 4) is 28.6 Å². The topological polar surface area (TPSA) is 75.8 Å². The Balaban J connectivity index is 1.75. The lowest BCUT2D eigenvalue weighted by molar-refractivity contribution is 0.151. The number of ether oxygens (including phenoxy) is 4. The summed E-state index contributed by atoms with van der Waals surface area (Å²) in [7, 11) is 4.79. The highest BCUT2D eigenvalue weighted by Crippen LogP contribution is 2.32. The highest BCUT2D eigenvalue weighted by molar-refractivity contribution is 5.60. The molecule has 0 unspecified atom stereocenters. The Labute approximate surface area is 151 Å². The van der Waals surface area contributed by atoms with Gasteiger partial charge in [0.1, 0.15) is 19.0 Å². The summed E-state index contributed by atoms with van der Waals surface area (Å²) in [5, 5.41) is 3.95. The quantitative estimate of drug-likeness (QED) is 0.611. The lowest BCUT2D eigenvalue weighted by atomic mass is 10.2. The van der Waals surface area contributed by atoms with Gasteiger partial charge < -0.3 is 23.5 Å². The maximum absolute atomic E-state index is 5.88. The summed E-state index contributed by atoms with van der Waals surface area (Å²) < 4.78 is 26.6. The van der Waals surface area contributed by atoms with Crippen molar-refractivity contribution in [3.05, 3.63) is 53.9 Å². The van der Waals surface area contributed by atoms with Crippen molar-refractivity contribution in [2.24, 2.45) is 0 Å². The molecular formula is C19H20N2O5. The second-order valence-electron chi connectivity index (χ2n) is 5.45. The highest BCUT2D eigenvalue weighted by atomic mass is 16.5. The predicted molar refractivity (Wildman–Crippen MR) is 94.3 cm³/mol. The first-order valence-corrected chi connectivity index (χ1v) is 7.99. The molecule has 0 radical (unpaired) electrons. The van der Waals surface area contributed by atoms with Crippen molar-refractivity contribution in [1.82, 2.24) is 10.1 Å². The fraction of sp³-hybridized carbons (Fsp3) is 0.263. The maximum Gasteiger partial charge on any atom is 0.252 e.